The van der Waals surface area contributed by atoms with Gasteiger partial charge in [0.05, 0.1) is 37.7 Å². The molecule has 0 saturated carbocycles. The molecule has 6 nitrogen and oxygen atoms in total. The summed E-state index contributed by atoms with van der Waals surface area (Å²) < 4.78 is 24.5. The van der Waals surface area contributed by atoms with Gasteiger partial charge in [0.25, 0.3) is 0 Å². The van der Waals surface area contributed by atoms with Crippen LogP contribution in [0.2, 0.25) is 0 Å². The molecule has 0 radical (unpaired) electrons. The van der Waals surface area contributed by atoms with Crippen molar-refractivity contribution >= 4 is 17.5 Å². The molecule has 23 heavy (non-hydrogen) atoms. The Morgan fingerprint density at radius 1 is 1.30 bits per heavy atom. The third-order valence-corrected chi connectivity index (χ3v) is 3.67. The lowest BCUT2D eigenvalue weighted by Gasteiger charge is -2.29. The normalized spacial score (nSPS) is 20.9. The average Bonchev–Trinajstić information content (AvgIpc) is 2.98. The van der Waals surface area contributed by atoms with Crippen molar-refractivity contribution in [3.05, 3.63) is 24.0 Å². The van der Waals surface area contributed by atoms with E-state index in [4.69, 9.17) is 14.6 Å². The van der Waals surface area contributed by atoms with Gasteiger partial charge in [-0.1, -0.05) is 13.8 Å². The van der Waals surface area contributed by atoms with Crippen molar-refractivity contribution in [2.24, 2.45) is 0 Å². The number of cyclic esters (lactones) is 1. The quantitative estimate of drug-likeness (QED) is 0.920. The zero-order chi connectivity index (χ0) is 16.8. The van der Waals surface area contributed by atoms with Crippen molar-refractivity contribution in [3.63, 3.8) is 0 Å². The van der Waals surface area contributed by atoms with E-state index in [0.717, 1.165) is 0 Å². The van der Waals surface area contributed by atoms with E-state index in [1.54, 1.807) is 12.1 Å². The molecule has 2 saturated heterocycles. The van der Waals surface area contributed by atoms with Gasteiger partial charge in [0.15, 0.2) is 0 Å². The maximum absolute atomic E-state index is 14.3. The SMILES string of the molecule is CC.O=C1OC(CO)CN1c1ccc(N2CCOCC2)c(F)c1. The maximum atomic E-state index is 14.3. The minimum Gasteiger partial charge on any atom is -0.441 e. The second kappa shape index (κ2) is 8.12. The van der Waals surface area contributed by atoms with Crippen LogP contribution in [0.5, 0.6) is 0 Å². The number of halogens is 1. The van der Waals surface area contributed by atoms with E-state index in [9.17, 15) is 9.18 Å². The second-order valence-electron chi connectivity index (χ2n) is 5.03. The largest absolute Gasteiger partial charge is 0.441 e. The molecule has 1 aromatic carbocycles. The molecule has 0 aliphatic carbocycles. The molecule has 2 heterocycles. The molecule has 1 amide bonds. The minimum absolute atomic E-state index is 0.228. The van der Waals surface area contributed by atoms with Crippen molar-refractivity contribution in [3.8, 4) is 0 Å². The van der Waals surface area contributed by atoms with Crippen LogP contribution in [0.3, 0.4) is 0 Å². The number of carbonyl (C=O) groups excluding carboxylic acids is 1. The number of nitrogens with zero attached hydrogens (tertiary/aromatic N) is 2. The summed E-state index contributed by atoms with van der Waals surface area (Å²) in [5, 5.41) is 9.02. The summed E-state index contributed by atoms with van der Waals surface area (Å²) >= 11 is 0. The fourth-order valence-electron chi connectivity index (χ4n) is 2.55. The van der Waals surface area contributed by atoms with E-state index in [-0.39, 0.29) is 19.0 Å². The Morgan fingerprint density at radius 3 is 2.57 bits per heavy atom. The highest BCUT2D eigenvalue weighted by atomic mass is 19.1. The smallest absolute Gasteiger partial charge is 0.414 e. The molecule has 0 aromatic heterocycles. The zero-order valence-electron chi connectivity index (χ0n) is 13.5. The molecule has 3 rings (SSSR count). The van der Waals surface area contributed by atoms with Crippen molar-refractivity contribution in [1.82, 2.24) is 0 Å². The van der Waals surface area contributed by atoms with Crippen LogP contribution in [0.15, 0.2) is 18.2 Å². The summed E-state index contributed by atoms with van der Waals surface area (Å²) in [4.78, 5) is 14.9. The second-order valence-corrected chi connectivity index (χ2v) is 5.03. The fourth-order valence-corrected chi connectivity index (χ4v) is 2.55. The number of morpholine rings is 1. The van der Waals surface area contributed by atoms with Crippen LogP contribution in [0, 0.1) is 5.82 Å². The molecule has 128 valence electrons. The summed E-state index contributed by atoms with van der Waals surface area (Å²) in [6.45, 7) is 6.45. The van der Waals surface area contributed by atoms with Crippen LogP contribution in [-0.2, 0) is 9.47 Å². The predicted molar refractivity (Wildman–Crippen MR) is 85.5 cm³/mol. The Kier molecular flexibility index (Phi) is 6.18. The van der Waals surface area contributed by atoms with Gasteiger partial charge < -0.3 is 19.5 Å². The zero-order valence-corrected chi connectivity index (χ0v) is 13.5. The van der Waals surface area contributed by atoms with E-state index in [2.05, 4.69) is 0 Å². The van der Waals surface area contributed by atoms with Gasteiger partial charge in [-0.05, 0) is 18.2 Å². The van der Waals surface area contributed by atoms with Crippen molar-refractivity contribution in [2.45, 2.75) is 20.0 Å². The number of aliphatic hydroxyl groups is 1. The van der Waals surface area contributed by atoms with E-state index in [0.29, 0.717) is 37.7 Å². The molecule has 2 aliphatic heterocycles. The number of benzene rings is 1. The summed E-state index contributed by atoms with van der Waals surface area (Å²) in [5.74, 6) is -0.380. The number of ether oxygens (including phenoxy) is 2. The van der Waals surface area contributed by atoms with E-state index in [1.807, 2.05) is 18.7 Å². The number of aliphatic hydroxyl groups excluding tert-OH is 1. The summed E-state index contributed by atoms with van der Waals surface area (Å²) in [5.41, 5.74) is 0.943. The first-order chi connectivity index (χ1) is 11.2. The van der Waals surface area contributed by atoms with Crippen LogP contribution < -0.4 is 9.80 Å². The Labute approximate surface area is 135 Å². The minimum atomic E-state index is -0.562. The van der Waals surface area contributed by atoms with Crippen LogP contribution in [0.1, 0.15) is 13.8 Å². The highest BCUT2D eigenvalue weighted by Gasteiger charge is 2.32. The van der Waals surface area contributed by atoms with Gasteiger partial charge in [-0.25, -0.2) is 9.18 Å². The van der Waals surface area contributed by atoms with Gasteiger partial charge >= 0.3 is 6.09 Å². The Bertz CT molecular complexity index is 535. The van der Waals surface area contributed by atoms with Gasteiger partial charge in [0.2, 0.25) is 0 Å². The molecule has 1 atom stereocenters. The molecular weight excluding hydrogens is 303 g/mol. The average molecular weight is 326 g/mol. The standard InChI is InChI=1S/C14H17FN2O4.C2H6/c15-12-7-10(17-8-11(9-18)21-14(17)19)1-2-13(12)16-3-5-20-6-4-16;1-2/h1-2,7,11,18H,3-6,8-9H2;1-2H3. The Morgan fingerprint density at radius 2 is 2.00 bits per heavy atom. The maximum Gasteiger partial charge on any atom is 0.414 e. The Balaban J connectivity index is 0.000000924. The highest BCUT2D eigenvalue weighted by molar-refractivity contribution is 5.90. The first-order valence-corrected chi connectivity index (χ1v) is 7.90. The molecule has 0 bridgehead atoms. The fraction of sp³-hybridized carbons (Fsp3) is 0.562. The Hall–Kier alpha value is -1.86. The third kappa shape index (κ3) is 3.92. The van der Waals surface area contributed by atoms with E-state index >= 15 is 0 Å². The first kappa shape index (κ1) is 17.5. The topological polar surface area (TPSA) is 62.2 Å². The monoisotopic (exact) mass is 326 g/mol. The lowest BCUT2D eigenvalue weighted by Crippen LogP contribution is -2.36. The number of hydrogen-bond donors (Lipinski definition) is 1. The molecule has 0 spiro atoms. The lowest BCUT2D eigenvalue weighted by atomic mass is 10.2. The number of anilines is 2. The number of carbonyl (C=O) groups is 1. The predicted octanol–water partition coefficient (Wildman–Crippen LogP) is 2.01. The molecule has 1 unspecified atom stereocenters. The highest BCUT2D eigenvalue weighted by Crippen LogP contribution is 2.28. The molecular formula is C16H23FN2O4. The van der Waals surface area contributed by atoms with Gasteiger partial charge in [0, 0.05) is 13.1 Å². The number of hydrogen-bond acceptors (Lipinski definition) is 5. The van der Waals surface area contributed by atoms with Crippen molar-refractivity contribution < 1.29 is 23.8 Å². The summed E-state index contributed by atoms with van der Waals surface area (Å²) in [6, 6.07) is 4.68. The number of rotatable bonds is 3. The molecule has 2 aliphatic rings. The first-order valence-electron chi connectivity index (χ1n) is 7.90. The van der Waals surface area contributed by atoms with Gasteiger partial charge in [0.1, 0.15) is 11.9 Å². The molecule has 1 aromatic rings. The third-order valence-electron chi connectivity index (χ3n) is 3.67. The van der Waals surface area contributed by atoms with E-state index < -0.39 is 12.2 Å². The van der Waals surface area contributed by atoms with Crippen LogP contribution in [-0.4, -0.2) is 56.8 Å². The molecule has 2 fully saturated rings. The van der Waals surface area contributed by atoms with Crippen molar-refractivity contribution in [1.29, 1.82) is 0 Å². The number of amides is 1. The van der Waals surface area contributed by atoms with Crippen LogP contribution in [0.25, 0.3) is 0 Å². The van der Waals surface area contributed by atoms with E-state index in [1.165, 1.54) is 11.0 Å². The van der Waals surface area contributed by atoms with Crippen LogP contribution >= 0.6 is 0 Å². The molecule has 7 heteroatoms. The van der Waals surface area contributed by atoms with Gasteiger partial charge in [-0.15, -0.1) is 0 Å². The van der Waals surface area contributed by atoms with Crippen LogP contribution in [0.4, 0.5) is 20.6 Å². The summed E-state index contributed by atoms with van der Waals surface area (Å²) in [7, 11) is 0. The lowest BCUT2D eigenvalue weighted by molar-refractivity contribution is 0.0963. The van der Waals surface area contributed by atoms with Gasteiger partial charge in [-0.3, -0.25) is 4.90 Å². The van der Waals surface area contributed by atoms with Gasteiger partial charge in [-0.2, -0.15) is 0 Å². The summed E-state index contributed by atoms with van der Waals surface area (Å²) in [6.07, 6.45) is -1.12. The van der Waals surface area contributed by atoms with Crippen molar-refractivity contribution in [2.75, 3.05) is 49.3 Å². The molecule has 1 N–H and O–H groups in total.